The molecule has 0 fully saturated rings. The molecule has 2 aromatic rings. The summed E-state index contributed by atoms with van der Waals surface area (Å²) in [6.07, 6.45) is 1.67. The van der Waals surface area contributed by atoms with Gasteiger partial charge >= 0.3 is 0 Å². The smallest absolute Gasteiger partial charge is 0.233 e. The van der Waals surface area contributed by atoms with Crippen molar-refractivity contribution in [2.75, 3.05) is 7.11 Å². The maximum Gasteiger partial charge on any atom is 0.233 e. The molecular formula is C17H20N2O2S. The van der Waals surface area contributed by atoms with Crippen molar-refractivity contribution < 1.29 is 9.53 Å². The number of pyridine rings is 1. The minimum atomic E-state index is -0.0936. The van der Waals surface area contributed by atoms with Gasteiger partial charge in [0, 0.05) is 24.6 Å². The van der Waals surface area contributed by atoms with Gasteiger partial charge in [0.15, 0.2) is 0 Å². The van der Waals surface area contributed by atoms with E-state index < -0.39 is 0 Å². The Morgan fingerprint density at radius 2 is 2.05 bits per heavy atom. The zero-order chi connectivity index (χ0) is 15.8. The summed E-state index contributed by atoms with van der Waals surface area (Å²) in [6.45, 7) is 2.41. The first-order valence-corrected chi connectivity index (χ1v) is 8.16. The number of carbonyl (C=O) groups is 1. The lowest BCUT2D eigenvalue weighted by molar-refractivity contribution is -0.120. The van der Waals surface area contributed by atoms with E-state index in [1.165, 1.54) is 5.56 Å². The zero-order valence-corrected chi connectivity index (χ0v) is 13.6. The molecule has 0 saturated carbocycles. The molecule has 2 rings (SSSR count). The van der Waals surface area contributed by atoms with Crippen molar-refractivity contribution in [1.29, 1.82) is 0 Å². The maximum atomic E-state index is 12.1. The second-order valence-corrected chi connectivity index (χ2v) is 6.19. The number of amides is 1. The molecule has 4 nitrogen and oxygen atoms in total. The summed E-state index contributed by atoms with van der Waals surface area (Å²) in [5.74, 6) is 1.42. The molecule has 0 unspecified atom stereocenters. The largest absolute Gasteiger partial charge is 0.481 e. The number of aromatic nitrogens is 1. The molecule has 0 aliphatic carbocycles. The summed E-state index contributed by atoms with van der Waals surface area (Å²) in [6, 6.07) is 13.8. The number of rotatable bonds is 7. The molecule has 1 aromatic heterocycles. The van der Waals surface area contributed by atoms with Crippen LogP contribution in [-0.4, -0.2) is 23.3 Å². The first-order valence-electron chi connectivity index (χ1n) is 7.11. The molecule has 1 amide bonds. The standard InChI is InChI=1S/C17H20N2O2S/c1-13(22-12-14-6-4-3-5-7-14)17(20)19-11-15-8-9-18-16(10-15)21-2/h3-10,13H,11-12H2,1-2H3,(H,19,20)/t13-/m0/s1. The Morgan fingerprint density at radius 3 is 2.77 bits per heavy atom. The Morgan fingerprint density at radius 1 is 1.27 bits per heavy atom. The molecule has 0 bridgehead atoms. The van der Waals surface area contributed by atoms with Gasteiger partial charge in [0.25, 0.3) is 0 Å². The monoisotopic (exact) mass is 316 g/mol. The summed E-state index contributed by atoms with van der Waals surface area (Å²) in [7, 11) is 1.58. The number of nitrogens with zero attached hydrogens (tertiary/aromatic N) is 1. The number of thioether (sulfide) groups is 1. The lowest BCUT2D eigenvalue weighted by atomic mass is 10.2. The van der Waals surface area contributed by atoms with E-state index in [0.717, 1.165) is 11.3 Å². The third kappa shape index (κ3) is 5.07. The SMILES string of the molecule is COc1cc(CNC(=O)[C@H](C)SCc2ccccc2)ccn1. The highest BCUT2D eigenvalue weighted by molar-refractivity contribution is 7.99. The Bertz CT molecular complexity index is 605. The average Bonchev–Trinajstić information content (AvgIpc) is 2.58. The summed E-state index contributed by atoms with van der Waals surface area (Å²) >= 11 is 1.63. The minimum Gasteiger partial charge on any atom is -0.481 e. The van der Waals surface area contributed by atoms with Crippen molar-refractivity contribution in [3.8, 4) is 5.88 Å². The highest BCUT2D eigenvalue weighted by Gasteiger charge is 2.13. The van der Waals surface area contributed by atoms with E-state index in [1.54, 1.807) is 25.1 Å². The van der Waals surface area contributed by atoms with Crippen LogP contribution in [0.25, 0.3) is 0 Å². The Balaban J connectivity index is 1.78. The van der Waals surface area contributed by atoms with Crippen LogP contribution in [0.1, 0.15) is 18.1 Å². The number of hydrogen-bond donors (Lipinski definition) is 1. The number of carbonyl (C=O) groups excluding carboxylic acids is 1. The summed E-state index contributed by atoms with van der Waals surface area (Å²) < 4.78 is 5.07. The predicted molar refractivity (Wildman–Crippen MR) is 89.8 cm³/mol. The first-order chi connectivity index (χ1) is 10.7. The third-order valence-corrected chi connectivity index (χ3v) is 4.40. The van der Waals surface area contributed by atoms with Gasteiger partial charge in [0.05, 0.1) is 12.4 Å². The van der Waals surface area contributed by atoms with Crippen molar-refractivity contribution >= 4 is 17.7 Å². The summed E-state index contributed by atoms with van der Waals surface area (Å²) in [5, 5.41) is 2.85. The second kappa shape index (κ2) is 8.44. The van der Waals surface area contributed by atoms with Gasteiger partial charge in [-0.1, -0.05) is 30.3 Å². The number of benzene rings is 1. The van der Waals surface area contributed by atoms with Crippen molar-refractivity contribution in [2.24, 2.45) is 0 Å². The normalized spacial score (nSPS) is 11.7. The molecule has 0 saturated heterocycles. The van der Waals surface area contributed by atoms with Crippen LogP contribution in [0.4, 0.5) is 0 Å². The Hall–Kier alpha value is -2.01. The molecule has 1 N–H and O–H groups in total. The fourth-order valence-corrected chi connectivity index (χ4v) is 2.75. The van der Waals surface area contributed by atoms with Crippen LogP contribution in [0.3, 0.4) is 0 Å². The van der Waals surface area contributed by atoms with Gasteiger partial charge in [0.1, 0.15) is 0 Å². The van der Waals surface area contributed by atoms with Gasteiger partial charge in [-0.05, 0) is 24.1 Å². The minimum absolute atomic E-state index is 0.0386. The fraction of sp³-hybridized carbons (Fsp3) is 0.294. The van der Waals surface area contributed by atoms with E-state index in [9.17, 15) is 4.79 Å². The molecule has 116 valence electrons. The quantitative estimate of drug-likeness (QED) is 0.853. The van der Waals surface area contributed by atoms with Crippen molar-refractivity contribution in [3.63, 3.8) is 0 Å². The fourth-order valence-electron chi connectivity index (χ4n) is 1.88. The average molecular weight is 316 g/mol. The van der Waals surface area contributed by atoms with Gasteiger partial charge < -0.3 is 10.1 Å². The highest BCUT2D eigenvalue weighted by atomic mass is 32.2. The maximum absolute atomic E-state index is 12.1. The molecule has 1 heterocycles. The lowest BCUT2D eigenvalue weighted by Crippen LogP contribution is -2.30. The molecule has 0 aliphatic rings. The molecule has 1 aromatic carbocycles. The van der Waals surface area contributed by atoms with Crippen molar-refractivity contribution in [2.45, 2.75) is 24.5 Å². The van der Waals surface area contributed by atoms with Crippen LogP contribution in [0, 0.1) is 0 Å². The van der Waals surface area contributed by atoms with Gasteiger partial charge in [-0.3, -0.25) is 4.79 Å². The third-order valence-electron chi connectivity index (χ3n) is 3.19. The van der Waals surface area contributed by atoms with Crippen LogP contribution in [0.5, 0.6) is 5.88 Å². The van der Waals surface area contributed by atoms with E-state index >= 15 is 0 Å². The van der Waals surface area contributed by atoms with E-state index in [-0.39, 0.29) is 11.2 Å². The molecule has 22 heavy (non-hydrogen) atoms. The predicted octanol–water partition coefficient (Wildman–Crippen LogP) is 3.03. The van der Waals surface area contributed by atoms with Crippen LogP contribution < -0.4 is 10.1 Å². The van der Waals surface area contributed by atoms with Gasteiger partial charge in [0.2, 0.25) is 11.8 Å². The van der Waals surface area contributed by atoms with E-state index in [0.29, 0.717) is 12.4 Å². The first kappa shape index (κ1) is 16.4. The van der Waals surface area contributed by atoms with Gasteiger partial charge in [-0.2, -0.15) is 0 Å². The number of methoxy groups -OCH3 is 1. The van der Waals surface area contributed by atoms with Crippen molar-refractivity contribution in [3.05, 3.63) is 59.8 Å². The highest BCUT2D eigenvalue weighted by Crippen LogP contribution is 2.17. The zero-order valence-electron chi connectivity index (χ0n) is 12.8. The van der Waals surface area contributed by atoms with Crippen LogP contribution in [0.15, 0.2) is 48.7 Å². The second-order valence-electron chi connectivity index (χ2n) is 4.86. The number of hydrogen-bond acceptors (Lipinski definition) is 4. The molecule has 1 atom stereocenters. The van der Waals surface area contributed by atoms with E-state index in [1.807, 2.05) is 37.3 Å². The van der Waals surface area contributed by atoms with E-state index in [2.05, 4.69) is 22.4 Å². The Labute approximate surface area is 135 Å². The van der Waals surface area contributed by atoms with Crippen LogP contribution >= 0.6 is 11.8 Å². The number of ether oxygens (including phenoxy) is 1. The van der Waals surface area contributed by atoms with Gasteiger partial charge in [-0.25, -0.2) is 4.98 Å². The summed E-state index contributed by atoms with van der Waals surface area (Å²) in [4.78, 5) is 16.2. The molecule has 0 spiro atoms. The topological polar surface area (TPSA) is 51.2 Å². The number of nitrogens with one attached hydrogen (secondary N) is 1. The molecule has 0 aliphatic heterocycles. The van der Waals surface area contributed by atoms with Crippen LogP contribution in [-0.2, 0) is 17.1 Å². The molecule has 5 heteroatoms. The van der Waals surface area contributed by atoms with Crippen LogP contribution in [0.2, 0.25) is 0 Å². The Kier molecular flexibility index (Phi) is 6.27. The van der Waals surface area contributed by atoms with E-state index in [4.69, 9.17) is 4.74 Å². The van der Waals surface area contributed by atoms with Gasteiger partial charge in [-0.15, -0.1) is 11.8 Å². The summed E-state index contributed by atoms with van der Waals surface area (Å²) in [5.41, 5.74) is 2.20. The lowest BCUT2D eigenvalue weighted by Gasteiger charge is -2.12. The van der Waals surface area contributed by atoms with Crippen molar-refractivity contribution in [1.82, 2.24) is 10.3 Å². The molecular weight excluding hydrogens is 296 g/mol. The molecule has 0 radical (unpaired) electrons.